The third-order valence-corrected chi connectivity index (χ3v) is 3.39. The zero-order chi connectivity index (χ0) is 12.3. The van der Waals surface area contributed by atoms with Crippen molar-refractivity contribution in [1.82, 2.24) is 5.32 Å². The minimum atomic E-state index is -0.178. The molecule has 1 aromatic carbocycles. The molecule has 0 spiro atoms. The third-order valence-electron chi connectivity index (χ3n) is 3.39. The fourth-order valence-corrected chi connectivity index (χ4v) is 2.43. The number of aryl methyl sites for hydroxylation is 1. The monoisotopic (exact) mass is 269 g/mol. The van der Waals surface area contributed by atoms with E-state index in [9.17, 15) is 4.79 Å². The predicted molar refractivity (Wildman–Crippen MR) is 74.2 cm³/mol. The number of esters is 1. The third kappa shape index (κ3) is 3.24. The summed E-state index contributed by atoms with van der Waals surface area (Å²) in [5, 5.41) is 3.38. The number of benzene rings is 1. The van der Waals surface area contributed by atoms with Gasteiger partial charge in [-0.15, -0.1) is 12.4 Å². The molecule has 2 atom stereocenters. The maximum absolute atomic E-state index is 11.9. The maximum Gasteiger partial charge on any atom is 0.314 e. The van der Waals surface area contributed by atoms with Crippen LogP contribution in [0.1, 0.15) is 29.9 Å². The van der Waals surface area contributed by atoms with Crippen molar-refractivity contribution in [3.05, 3.63) is 35.4 Å². The van der Waals surface area contributed by atoms with Gasteiger partial charge in [-0.25, -0.2) is 0 Å². The van der Waals surface area contributed by atoms with Crippen molar-refractivity contribution in [2.75, 3.05) is 13.7 Å². The standard InChI is InChI=1S/C14H19NO2.ClH/c1-10-5-7-11(8-6-10)13(14(16)17-2)12-4-3-9-15-12;/h5-8,12-13,15H,3-4,9H2,1-2H3;1H/t12-,13+;/m0./s1. The van der Waals surface area contributed by atoms with Crippen LogP contribution in [0, 0.1) is 6.92 Å². The van der Waals surface area contributed by atoms with Crippen LogP contribution in [-0.4, -0.2) is 25.7 Å². The van der Waals surface area contributed by atoms with Crippen molar-refractivity contribution >= 4 is 18.4 Å². The molecular weight excluding hydrogens is 250 g/mol. The van der Waals surface area contributed by atoms with Crippen molar-refractivity contribution in [3.8, 4) is 0 Å². The second kappa shape index (κ2) is 6.76. The lowest BCUT2D eigenvalue weighted by Crippen LogP contribution is -2.34. The summed E-state index contributed by atoms with van der Waals surface area (Å²) >= 11 is 0. The first-order chi connectivity index (χ1) is 8.22. The van der Waals surface area contributed by atoms with Crippen molar-refractivity contribution < 1.29 is 9.53 Å². The minimum Gasteiger partial charge on any atom is -0.469 e. The predicted octanol–water partition coefficient (Wildman–Crippen LogP) is 2.43. The average Bonchev–Trinajstić information content (AvgIpc) is 2.85. The Hall–Kier alpha value is -1.06. The van der Waals surface area contributed by atoms with E-state index >= 15 is 0 Å². The van der Waals surface area contributed by atoms with E-state index in [1.807, 2.05) is 31.2 Å². The molecule has 3 nitrogen and oxygen atoms in total. The van der Waals surface area contributed by atoms with Gasteiger partial charge in [0.2, 0.25) is 0 Å². The molecule has 4 heteroatoms. The van der Waals surface area contributed by atoms with Crippen molar-refractivity contribution in [2.45, 2.75) is 31.7 Å². The van der Waals surface area contributed by atoms with E-state index in [4.69, 9.17) is 4.74 Å². The Bertz CT molecular complexity index is 385. The lowest BCUT2D eigenvalue weighted by molar-refractivity contribution is -0.143. The normalized spacial score (nSPS) is 20.0. The fraction of sp³-hybridized carbons (Fsp3) is 0.500. The molecule has 1 fully saturated rings. The Morgan fingerprint density at radius 1 is 1.39 bits per heavy atom. The maximum atomic E-state index is 11.9. The summed E-state index contributed by atoms with van der Waals surface area (Å²) < 4.78 is 4.93. The molecule has 1 N–H and O–H groups in total. The summed E-state index contributed by atoms with van der Waals surface area (Å²) in [6.07, 6.45) is 2.16. The first-order valence-corrected chi connectivity index (χ1v) is 6.10. The van der Waals surface area contributed by atoms with Crippen LogP contribution in [0.2, 0.25) is 0 Å². The van der Waals surface area contributed by atoms with Gasteiger partial charge in [-0.2, -0.15) is 0 Å². The zero-order valence-corrected chi connectivity index (χ0v) is 11.6. The van der Waals surface area contributed by atoms with Gasteiger partial charge in [0.25, 0.3) is 0 Å². The molecular formula is C14H20ClNO2. The summed E-state index contributed by atoms with van der Waals surface area (Å²) in [4.78, 5) is 11.9. The van der Waals surface area contributed by atoms with Crippen LogP contribution in [0.4, 0.5) is 0 Å². The smallest absolute Gasteiger partial charge is 0.314 e. The number of carbonyl (C=O) groups excluding carboxylic acids is 1. The van der Waals surface area contributed by atoms with Gasteiger partial charge in [0, 0.05) is 6.04 Å². The quantitative estimate of drug-likeness (QED) is 0.857. The van der Waals surface area contributed by atoms with Gasteiger partial charge in [0.1, 0.15) is 0 Å². The Balaban J connectivity index is 0.00000162. The first kappa shape index (κ1) is 15.0. The molecule has 1 saturated heterocycles. The summed E-state index contributed by atoms with van der Waals surface area (Å²) in [5.74, 6) is -0.323. The zero-order valence-electron chi connectivity index (χ0n) is 10.8. The highest BCUT2D eigenvalue weighted by molar-refractivity contribution is 5.85. The summed E-state index contributed by atoms with van der Waals surface area (Å²) in [6, 6.07) is 8.35. The van der Waals surface area contributed by atoms with Gasteiger partial charge in [0.15, 0.2) is 0 Å². The van der Waals surface area contributed by atoms with E-state index in [1.54, 1.807) is 0 Å². The fourth-order valence-electron chi connectivity index (χ4n) is 2.43. The Morgan fingerprint density at radius 3 is 2.56 bits per heavy atom. The molecule has 100 valence electrons. The van der Waals surface area contributed by atoms with Crippen LogP contribution in [0.3, 0.4) is 0 Å². The van der Waals surface area contributed by atoms with Crippen LogP contribution >= 0.6 is 12.4 Å². The number of ether oxygens (including phenoxy) is 1. The molecule has 0 aliphatic carbocycles. The van der Waals surface area contributed by atoms with E-state index < -0.39 is 0 Å². The highest BCUT2D eigenvalue weighted by atomic mass is 35.5. The molecule has 1 aliphatic rings. The summed E-state index contributed by atoms with van der Waals surface area (Å²) in [6.45, 7) is 3.04. The number of nitrogens with one attached hydrogen (secondary N) is 1. The lowest BCUT2D eigenvalue weighted by Gasteiger charge is -2.21. The van der Waals surface area contributed by atoms with Gasteiger partial charge in [0.05, 0.1) is 13.0 Å². The van der Waals surface area contributed by atoms with Crippen LogP contribution in [-0.2, 0) is 9.53 Å². The molecule has 0 unspecified atom stereocenters. The number of methoxy groups -OCH3 is 1. The van der Waals surface area contributed by atoms with Gasteiger partial charge < -0.3 is 10.1 Å². The average molecular weight is 270 g/mol. The number of halogens is 1. The van der Waals surface area contributed by atoms with Gasteiger partial charge in [-0.1, -0.05) is 29.8 Å². The van der Waals surface area contributed by atoms with Crippen LogP contribution in [0.25, 0.3) is 0 Å². The number of hydrogen-bond acceptors (Lipinski definition) is 3. The molecule has 2 rings (SSSR count). The Morgan fingerprint density at radius 2 is 2.06 bits per heavy atom. The minimum absolute atomic E-state index is 0. The van der Waals surface area contributed by atoms with Crippen LogP contribution in [0.5, 0.6) is 0 Å². The molecule has 1 aromatic rings. The highest BCUT2D eigenvalue weighted by Gasteiger charge is 2.32. The van der Waals surface area contributed by atoms with E-state index in [2.05, 4.69) is 5.32 Å². The number of rotatable bonds is 3. The Kier molecular flexibility index (Phi) is 5.63. The second-order valence-corrected chi connectivity index (χ2v) is 4.61. The van der Waals surface area contributed by atoms with Gasteiger partial charge in [-0.05, 0) is 31.9 Å². The second-order valence-electron chi connectivity index (χ2n) is 4.61. The van der Waals surface area contributed by atoms with Gasteiger partial charge >= 0.3 is 5.97 Å². The molecule has 0 amide bonds. The van der Waals surface area contributed by atoms with E-state index in [0.717, 1.165) is 24.9 Å². The first-order valence-electron chi connectivity index (χ1n) is 6.10. The molecule has 0 bridgehead atoms. The number of hydrogen-bond donors (Lipinski definition) is 1. The van der Waals surface area contributed by atoms with Crippen LogP contribution in [0.15, 0.2) is 24.3 Å². The van der Waals surface area contributed by atoms with Crippen molar-refractivity contribution in [1.29, 1.82) is 0 Å². The lowest BCUT2D eigenvalue weighted by atomic mass is 9.90. The molecule has 18 heavy (non-hydrogen) atoms. The molecule has 0 aromatic heterocycles. The largest absolute Gasteiger partial charge is 0.469 e. The summed E-state index contributed by atoms with van der Waals surface area (Å²) in [7, 11) is 1.46. The van der Waals surface area contributed by atoms with E-state index in [0.29, 0.717) is 0 Å². The highest BCUT2D eigenvalue weighted by Crippen LogP contribution is 2.26. The van der Waals surface area contributed by atoms with E-state index in [-0.39, 0.29) is 30.3 Å². The van der Waals surface area contributed by atoms with Crippen molar-refractivity contribution in [2.24, 2.45) is 0 Å². The Labute approximate surface area is 114 Å². The molecule has 0 radical (unpaired) electrons. The van der Waals surface area contributed by atoms with Gasteiger partial charge in [-0.3, -0.25) is 4.79 Å². The van der Waals surface area contributed by atoms with Crippen molar-refractivity contribution in [3.63, 3.8) is 0 Å². The molecule has 1 aliphatic heterocycles. The van der Waals surface area contributed by atoms with E-state index in [1.165, 1.54) is 12.7 Å². The molecule has 0 saturated carbocycles. The SMILES string of the molecule is COC(=O)[C@H](c1ccc(C)cc1)[C@@H]1CCCN1.Cl. The van der Waals surface area contributed by atoms with Crippen LogP contribution < -0.4 is 5.32 Å². The number of carbonyl (C=O) groups is 1. The summed E-state index contributed by atoms with van der Waals surface area (Å²) in [5.41, 5.74) is 2.25. The topological polar surface area (TPSA) is 38.3 Å². The molecule has 1 heterocycles.